The summed E-state index contributed by atoms with van der Waals surface area (Å²) in [7, 11) is 0. The van der Waals surface area contributed by atoms with Gasteiger partial charge >= 0.3 is 6.18 Å². The molecule has 16 heavy (non-hydrogen) atoms. The molecule has 1 aromatic heterocycles. The molecule has 0 aliphatic rings. The first-order valence-corrected chi connectivity index (χ1v) is 5.14. The van der Waals surface area contributed by atoms with Gasteiger partial charge in [-0.3, -0.25) is 0 Å². The lowest BCUT2D eigenvalue weighted by Crippen LogP contribution is -2.04. The summed E-state index contributed by atoms with van der Waals surface area (Å²) in [5, 5.41) is -0.0197. The molecular formula is C9H5Cl2F3N2. The molecule has 0 unspecified atom stereocenters. The van der Waals surface area contributed by atoms with E-state index in [1.54, 1.807) is 0 Å². The molecule has 1 heterocycles. The maximum Gasteiger partial charge on any atom is 0.416 e. The number of imidazole rings is 1. The molecule has 2 aromatic rings. The lowest BCUT2D eigenvalue weighted by atomic mass is 10.2. The number of aromatic nitrogens is 2. The van der Waals surface area contributed by atoms with Gasteiger partial charge in [-0.05, 0) is 12.1 Å². The molecule has 1 N–H and O–H groups in total. The van der Waals surface area contributed by atoms with Gasteiger partial charge in [-0.2, -0.15) is 13.2 Å². The van der Waals surface area contributed by atoms with Gasteiger partial charge in [-0.25, -0.2) is 4.98 Å². The van der Waals surface area contributed by atoms with Gasteiger partial charge in [0.05, 0.1) is 27.5 Å². The lowest BCUT2D eigenvalue weighted by molar-refractivity contribution is -0.137. The first-order valence-electron chi connectivity index (χ1n) is 4.23. The van der Waals surface area contributed by atoms with E-state index < -0.39 is 11.7 Å². The Balaban J connectivity index is 2.67. The van der Waals surface area contributed by atoms with Crippen LogP contribution < -0.4 is 0 Å². The van der Waals surface area contributed by atoms with Crippen molar-refractivity contribution in [3.05, 3.63) is 28.5 Å². The number of H-pyrrole nitrogens is 1. The molecule has 0 radical (unpaired) electrons. The maximum absolute atomic E-state index is 12.5. The van der Waals surface area contributed by atoms with E-state index in [0.717, 1.165) is 12.1 Å². The molecule has 0 bridgehead atoms. The fourth-order valence-corrected chi connectivity index (χ4v) is 1.74. The van der Waals surface area contributed by atoms with Crippen molar-refractivity contribution in [1.29, 1.82) is 0 Å². The highest BCUT2D eigenvalue weighted by Gasteiger charge is 2.31. The average molecular weight is 269 g/mol. The van der Waals surface area contributed by atoms with Crippen molar-refractivity contribution >= 4 is 34.2 Å². The molecule has 86 valence electrons. The van der Waals surface area contributed by atoms with Crippen molar-refractivity contribution in [3.63, 3.8) is 0 Å². The second kappa shape index (κ2) is 3.82. The Morgan fingerprint density at radius 2 is 2.00 bits per heavy atom. The number of nitrogens with one attached hydrogen (secondary N) is 1. The minimum atomic E-state index is -4.43. The van der Waals surface area contributed by atoms with E-state index in [0.29, 0.717) is 11.3 Å². The number of rotatable bonds is 1. The summed E-state index contributed by atoms with van der Waals surface area (Å²) in [4.78, 5) is 6.64. The summed E-state index contributed by atoms with van der Waals surface area (Å²) < 4.78 is 37.4. The van der Waals surface area contributed by atoms with Crippen molar-refractivity contribution < 1.29 is 13.2 Å². The van der Waals surface area contributed by atoms with Crippen LogP contribution in [0.4, 0.5) is 13.2 Å². The minimum Gasteiger partial charge on any atom is -0.340 e. The van der Waals surface area contributed by atoms with Gasteiger partial charge in [0.2, 0.25) is 0 Å². The Kier molecular flexibility index (Phi) is 2.75. The SMILES string of the molecule is FC(F)(F)c1cc(Cl)c2[nH]c(CCl)nc2c1. The topological polar surface area (TPSA) is 28.7 Å². The third-order valence-corrected chi connectivity index (χ3v) is 2.60. The van der Waals surface area contributed by atoms with Crippen LogP contribution in [0, 0.1) is 0 Å². The number of hydrogen-bond donors (Lipinski definition) is 1. The number of hydrogen-bond acceptors (Lipinski definition) is 1. The lowest BCUT2D eigenvalue weighted by Gasteiger charge is -2.06. The molecule has 0 aliphatic heterocycles. The largest absolute Gasteiger partial charge is 0.416 e. The summed E-state index contributed by atoms with van der Waals surface area (Å²) >= 11 is 11.2. The number of halogens is 5. The first-order chi connectivity index (χ1) is 7.41. The molecule has 0 fully saturated rings. The zero-order valence-corrected chi connectivity index (χ0v) is 9.21. The molecule has 0 atom stereocenters. The van der Waals surface area contributed by atoms with Crippen molar-refractivity contribution in [3.8, 4) is 0 Å². The summed E-state index contributed by atoms with van der Waals surface area (Å²) in [6.45, 7) is 0. The van der Waals surface area contributed by atoms with Gasteiger partial charge in [0.15, 0.2) is 0 Å². The van der Waals surface area contributed by atoms with Gasteiger partial charge in [0.1, 0.15) is 5.82 Å². The molecule has 0 saturated heterocycles. The van der Waals surface area contributed by atoms with Gasteiger partial charge in [-0.1, -0.05) is 11.6 Å². The zero-order chi connectivity index (χ0) is 11.9. The monoisotopic (exact) mass is 268 g/mol. The Labute approximate surface area is 98.4 Å². The molecule has 7 heteroatoms. The normalized spacial score (nSPS) is 12.3. The Morgan fingerprint density at radius 3 is 2.56 bits per heavy atom. The summed E-state index contributed by atoms with van der Waals surface area (Å²) in [6, 6.07) is 1.80. The van der Waals surface area contributed by atoms with Crippen LogP contribution in [0.2, 0.25) is 5.02 Å². The number of aromatic amines is 1. The van der Waals surface area contributed by atoms with Gasteiger partial charge < -0.3 is 4.98 Å². The number of nitrogens with zero attached hydrogens (tertiary/aromatic N) is 1. The first kappa shape index (κ1) is 11.5. The van der Waals surface area contributed by atoms with E-state index in [2.05, 4.69) is 9.97 Å². The van der Waals surface area contributed by atoms with E-state index in [1.165, 1.54) is 0 Å². The van der Waals surface area contributed by atoms with Gasteiger partial charge in [-0.15, -0.1) is 11.6 Å². The Bertz CT molecular complexity index is 533. The van der Waals surface area contributed by atoms with Crippen LogP contribution in [-0.2, 0) is 12.1 Å². The number of alkyl halides is 4. The van der Waals surface area contributed by atoms with Crippen molar-refractivity contribution in [2.75, 3.05) is 0 Å². The van der Waals surface area contributed by atoms with Crippen LogP contribution in [0.1, 0.15) is 11.4 Å². The standard InChI is InChI=1S/C9H5Cl2F3N2/c10-3-7-15-6-2-4(9(12,13)14)1-5(11)8(6)16-7/h1-2H,3H2,(H,15,16). The van der Waals surface area contributed by atoms with E-state index in [1.807, 2.05) is 0 Å². The Hall–Kier alpha value is -0.940. The fraction of sp³-hybridized carbons (Fsp3) is 0.222. The van der Waals surface area contributed by atoms with Crippen LogP contribution in [0.15, 0.2) is 12.1 Å². The highest BCUT2D eigenvalue weighted by atomic mass is 35.5. The second-order valence-corrected chi connectivity index (χ2v) is 3.84. The molecule has 2 rings (SSSR count). The van der Waals surface area contributed by atoms with Gasteiger partial charge in [0, 0.05) is 0 Å². The fourth-order valence-electron chi connectivity index (χ4n) is 1.35. The molecule has 0 amide bonds. The summed E-state index contributed by atoms with van der Waals surface area (Å²) in [5.41, 5.74) is -0.293. The van der Waals surface area contributed by atoms with E-state index in [9.17, 15) is 13.2 Å². The van der Waals surface area contributed by atoms with Crippen LogP contribution in [0.25, 0.3) is 11.0 Å². The average Bonchev–Trinajstić information content (AvgIpc) is 2.59. The Morgan fingerprint density at radius 1 is 1.31 bits per heavy atom. The highest BCUT2D eigenvalue weighted by Crippen LogP contribution is 2.34. The van der Waals surface area contributed by atoms with Gasteiger partial charge in [0.25, 0.3) is 0 Å². The van der Waals surface area contributed by atoms with Crippen molar-refractivity contribution in [2.24, 2.45) is 0 Å². The predicted octanol–water partition coefficient (Wildman–Crippen LogP) is 3.97. The van der Waals surface area contributed by atoms with E-state index >= 15 is 0 Å². The van der Waals surface area contributed by atoms with E-state index in [4.69, 9.17) is 23.2 Å². The molecule has 1 aromatic carbocycles. The summed E-state index contributed by atoms with van der Waals surface area (Å²) in [5.74, 6) is 0.477. The molecular weight excluding hydrogens is 264 g/mol. The highest BCUT2D eigenvalue weighted by molar-refractivity contribution is 6.35. The molecule has 2 nitrogen and oxygen atoms in total. The maximum atomic E-state index is 12.5. The minimum absolute atomic E-state index is 0.0197. The smallest absolute Gasteiger partial charge is 0.340 e. The second-order valence-electron chi connectivity index (χ2n) is 3.17. The molecule has 0 saturated carbocycles. The molecule has 0 aliphatic carbocycles. The number of fused-ring (bicyclic) bond motifs is 1. The third kappa shape index (κ3) is 1.97. The third-order valence-electron chi connectivity index (χ3n) is 2.05. The van der Waals surface area contributed by atoms with Crippen LogP contribution in [-0.4, -0.2) is 9.97 Å². The molecule has 0 spiro atoms. The predicted molar refractivity (Wildman–Crippen MR) is 55.7 cm³/mol. The number of benzene rings is 1. The zero-order valence-electron chi connectivity index (χ0n) is 7.70. The van der Waals surface area contributed by atoms with E-state index in [-0.39, 0.29) is 16.4 Å². The van der Waals surface area contributed by atoms with Crippen LogP contribution >= 0.6 is 23.2 Å². The summed E-state index contributed by atoms with van der Waals surface area (Å²) in [6.07, 6.45) is -4.43. The van der Waals surface area contributed by atoms with Crippen LogP contribution in [0.5, 0.6) is 0 Å². The van der Waals surface area contributed by atoms with Crippen molar-refractivity contribution in [1.82, 2.24) is 9.97 Å². The quantitative estimate of drug-likeness (QED) is 0.779. The van der Waals surface area contributed by atoms with Crippen molar-refractivity contribution in [2.45, 2.75) is 12.1 Å². The van der Waals surface area contributed by atoms with Crippen LogP contribution in [0.3, 0.4) is 0 Å².